The molecule has 0 radical (unpaired) electrons. The largest absolute Gasteiger partial charge is 0.334 e. The van der Waals surface area contributed by atoms with Crippen molar-refractivity contribution in [2.45, 2.75) is 24.4 Å². The number of aromatic nitrogens is 3. The summed E-state index contributed by atoms with van der Waals surface area (Å²) >= 11 is 7.49. The van der Waals surface area contributed by atoms with Crippen LogP contribution in [0.15, 0.2) is 65.1 Å². The number of rotatable bonds is 7. The smallest absolute Gasteiger partial charge is 0.297 e. The number of benzene rings is 2. The lowest BCUT2D eigenvalue weighted by atomic mass is 10.2. The van der Waals surface area contributed by atoms with E-state index in [-0.39, 0.29) is 17.2 Å². The van der Waals surface area contributed by atoms with Gasteiger partial charge in [-0.15, -0.1) is 16.8 Å². The molecular formula is C20H18ClFN4OS. The van der Waals surface area contributed by atoms with Gasteiger partial charge in [0.2, 0.25) is 5.82 Å². The van der Waals surface area contributed by atoms with Gasteiger partial charge in [-0.05, 0) is 42.3 Å². The SMILES string of the molecule is C=CCn1c(SCc2ccc(F)cc2)nnc(Nc2cccc(Cl)c2C)c1=O. The maximum Gasteiger partial charge on any atom is 0.297 e. The number of allylic oxidation sites excluding steroid dienone is 1. The van der Waals surface area contributed by atoms with E-state index in [9.17, 15) is 9.18 Å². The van der Waals surface area contributed by atoms with E-state index in [1.165, 1.54) is 28.5 Å². The van der Waals surface area contributed by atoms with E-state index in [0.717, 1.165) is 11.1 Å². The van der Waals surface area contributed by atoms with E-state index in [4.69, 9.17) is 11.6 Å². The topological polar surface area (TPSA) is 59.8 Å². The summed E-state index contributed by atoms with van der Waals surface area (Å²) in [5.74, 6) is 0.355. The van der Waals surface area contributed by atoms with Crippen molar-refractivity contribution in [2.75, 3.05) is 5.32 Å². The summed E-state index contributed by atoms with van der Waals surface area (Å²) in [7, 11) is 0. The Morgan fingerprint density at radius 2 is 2.00 bits per heavy atom. The number of nitrogens with zero attached hydrogens (tertiary/aromatic N) is 3. The van der Waals surface area contributed by atoms with E-state index >= 15 is 0 Å². The van der Waals surface area contributed by atoms with Gasteiger partial charge in [0.25, 0.3) is 5.56 Å². The van der Waals surface area contributed by atoms with Gasteiger partial charge in [-0.25, -0.2) is 4.39 Å². The minimum Gasteiger partial charge on any atom is -0.334 e. The summed E-state index contributed by atoms with van der Waals surface area (Å²) in [5, 5.41) is 12.3. The Kier molecular flexibility index (Phi) is 6.49. The Bertz CT molecular complexity index is 1050. The summed E-state index contributed by atoms with van der Waals surface area (Å²) in [6, 6.07) is 11.6. The first kappa shape index (κ1) is 20.1. The number of thioether (sulfide) groups is 1. The molecule has 1 N–H and O–H groups in total. The van der Waals surface area contributed by atoms with Crippen LogP contribution in [0.25, 0.3) is 0 Å². The zero-order chi connectivity index (χ0) is 20.1. The third-order valence-electron chi connectivity index (χ3n) is 4.03. The van der Waals surface area contributed by atoms with Gasteiger partial charge in [0.1, 0.15) is 5.82 Å². The molecule has 3 aromatic rings. The molecule has 0 aliphatic carbocycles. The van der Waals surface area contributed by atoms with Crippen LogP contribution in [0, 0.1) is 12.7 Å². The molecule has 144 valence electrons. The number of halogens is 2. The number of anilines is 2. The fourth-order valence-corrected chi connectivity index (χ4v) is 3.55. The molecule has 0 spiro atoms. The second-order valence-corrected chi connectivity index (χ2v) is 7.34. The highest BCUT2D eigenvalue weighted by molar-refractivity contribution is 7.98. The Labute approximate surface area is 171 Å². The molecule has 1 heterocycles. The molecule has 0 unspecified atom stereocenters. The van der Waals surface area contributed by atoms with Gasteiger partial charge >= 0.3 is 0 Å². The monoisotopic (exact) mass is 416 g/mol. The fraction of sp³-hybridized carbons (Fsp3) is 0.150. The molecule has 0 saturated carbocycles. The summed E-state index contributed by atoms with van der Waals surface area (Å²) < 4.78 is 14.5. The Morgan fingerprint density at radius 1 is 1.25 bits per heavy atom. The van der Waals surface area contributed by atoms with Gasteiger partial charge in [0, 0.05) is 23.0 Å². The van der Waals surface area contributed by atoms with Crippen molar-refractivity contribution in [1.29, 1.82) is 0 Å². The highest BCUT2D eigenvalue weighted by Crippen LogP contribution is 2.25. The van der Waals surface area contributed by atoms with Gasteiger partial charge < -0.3 is 5.32 Å². The molecule has 3 rings (SSSR count). The van der Waals surface area contributed by atoms with Crippen LogP contribution in [0.4, 0.5) is 15.9 Å². The first-order chi connectivity index (χ1) is 13.5. The van der Waals surface area contributed by atoms with Crippen LogP contribution in [0.2, 0.25) is 5.02 Å². The van der Waals surface area contributed by atoms with E-state index in [0.29, 0.717) is 28.2 Å². The fourth-order valence-electron chi connectivity index (χ4n) is 2.48. The van der Waals surface area contributed by atoms with Crippen LogP contribution in [-0.2, 0) is 12.3 Å². The highest BCUT2D eigenvalue weighted by Gasteiger charge is 2.13. The Balaban J connectivity index is 1.87. The average Bonchev–Trinajstić information content (AvgIpc) is 2.69. The highest BCUT2D eigenvalue weighted by atomic mass is 35.5. The minimum atomic E-state index is -0.309. The predicted molar refractivity (Wildman–Crippen MR) is 112 cm³/mol. The van der Waals surface area contributed by atoms with Crippen LogP contribution in [0.3, 0.4) is 0 Å². The van der Waals surface area contributed by atoms with Crippen LogP contribution < -0.4 is 10.9 Å². The molecule has 1 aromatic heterocycles. The standard InChI is InChI=1S/C20H18ClFN4OS/c1-3-11-26-19(27)18(23-17-6-4-5-16(21)13(17)2)24-25-20(26)28-12-14-7-9-15(22)10-8-14/h3-10H,1,11-12H2,2H3,(H,23,24). The van der Waals surface area contributed by atoms with Gasteiger partial charge in [-0.2, -0.15) is 0 Å². The Hall–Kier alpha value is -2.64. The summed E-state index contributed by atoms with van der Waals surface area (Å²) in [6.45, 7) is 5.86. The van der Waals surface area contributed by atoms with Crippen LogP contribution in [-0.4, -0.2) is 14.8 Å². The first-order valence-electron chi connectivity index (χ1n) is 8.47. The third-order valence-corrected chi connectivity index (χ3v) is 5.48. The molecule has 2 aromatic carbocycles. The van der Waals surface area contributed by atoms with Gasteiger partial charge in [0.05, 0.1) is 0 Å². The molecule has 0 atom stereocenters. The van der Waals surface area contributed by atoms with Gasteiger partial charge in [-0.1, -0.05) is 47.6 Å². The summed E-state index contributed by atoms with van der Waals surface area (Å²) in [6.07, 6.45) is 1.62. The lowest BCUT2D eigenvalue weighted by molar-refractivity contribution is 0.625. The zero-order valence-electron chi connectivity index (χ0n) is 15.2. The van der Waals surface area contributed by atoms with Crippen molar-refractivity contribution < 1.29 is 4.39 Å². The zero-order valence-corrected chi connectivity index (χ0v) is 16.7. The molecule has 28 heavy (non-hydrogen) atoms. The number of nitrogens with one attached hydrogen (secondary N) is 1. The van der Waals surface area contributed by atoms with Crippen LogP contribution in [0.1, 0.15) is 11.1 Å². The molecule has 0 amide bonds. The van der Waals surface area contributed by atoms with Crippen LogP contribution in [0.5, 0.6) is 0 Å². The second kappa shape index (κ2) is 9.03. The summed E-state index contributed by atoms with van der Waals surface area (Å²) in [4.78, 5) is 12.9. The molecule has 5 nitrogen and oxygen atoms in total. The maximum absolute atomic E-state index is 13.0. The molecule has 0 aliphatic heterocycles. The molecule has 8 heteroatoms. The van der Waals surface area contributed by atoms with E-state index in [1.54, 1.807) is 30.3 Å². The van der Waals surface area contributed by atoms with Crippen molar-refractivity contribution in [1.82, 2.24) is 14.8 Å². The normalized spacial score (nSPS) is 10.7. The maximum atomic E-state index is 13.0. The van der Waals surface area contributed by atoms with Gasteiger partial charge in [-0.3, -0.25) is 9.36 Å². The molecule has 0 bridgehead atoms. The van der Waals surface area contributed by atoms with E-state index in [2.05, 4.69) is 22.1 Å². The van der Waals surface area contributed by atoms with Crippen molar-refractivity contribution in [2.24, 2.45) is 0 Å². The molecule has 0 fully saturated rings. The number of hydrogen-bond acceptors (Lipinski definition) is 5. The third kappa shape index (κ3) is 4.61. The minimum absolute atomic E-state index is 0.110. The predicted octanol–water partition coefficient (Wildman–Crippen LogP) is 4.96. The lowest BCUT2D eigenvalue weighted by Crippen LogP contribution is -2.26. The van der Waals surface area contributed by atoms with E-state index < -0.39 is 0 Å². The Morgan fingerprint density at radius 3 is 2.71 bits per heavy atom. The van der Waals surface area contributed by atoms with E-state index in [1.807, 2.05) is 13.0 Å². The molecule has 0 aliphatic rings. The van der Waals surface area contributed by atoms with Crippen molar-refractivity contribution >= 4 is 34.9 Å². The lowest BCUT2D eigenvalue weighted by Gasteiger charge is -2.13. The van der Waals surface area contributed by atoms with Crippen molar-refractivity contribution in [3.05, 3.63) is 87.4 Å². The quantitative estimate of drug-likeness (QED) is 0.435. The first-order valence-corrected chi connectivity index (χ1v) is 9.83. The van der Waals surface area contributed by atoms with Crippen LogP contribution >= 0.6 is 23.4 Å². The van der Waals surface area contributed by atoms with Crippen molar-refractivity contribution in [3.63, 3.8) is 0 Å². The summed E-state index contributed by atoms with van der Waals surface area (Å²) in [5.41, 5.74) is 2.12. The molecule has 0 saturated heterocycles. The van der Waals surface area contributed by atoms with Crippen molar-refractivity contribution in [3.8, 4) is 0 Å². The number of hydrogen-bond donors (Lipinski definition) is 1. The average molecular weight is 417 g/mol. The molecular weight excluding hydrogens is 399 g/mol. The van der Waals surface area contributed by atoms with Gasteiger partial charge in [0.15, 0.2) is 5.16 Å². The second-order valence-electron chi connectivity index (χ2n) is 5.99.